The Labute approximate surface area is 164 Å². The first-order valence-electron chi connectivity index (χ1n) is 8.94. The van der Waals surface area contributed by atoms with E-state index in [9.17, 15) is 18.0 Å². The minimum Gasteiger partial charge on any atom is -0.290 e. The second-order valence-electron chi connectivity index (χ2n) is 7.09. The minimum atomic E-state index is -3.91. The van der Waals surface area contributed by atoms with E-state index in [1.807, 2.05) is 13.0 Å². The molecule has 0 bridgehead atoms. The van der Waals surface area contributed by atoms with Crippen LogP contribution in [0.15, 0.2) is 82.3 Å². The molecule has 1 atom stereocenters. The summed E-state index contributed by atoms with van der Waals surface area (Å²) in [5, 5.41) is 0. The van der Waals surface area contributed by atoms with Gasteiger partial charge in [0.15, 0.2) is 11.6 Å². The van der Waals surface area contributed by atoms with Crippen LogP contribution in [0.3, 0.4) is 0 Å². The molecule has 0 saturated heterocycles. The van der Waals surface area contributed by atoms with Gasteiger partial charge < -0.3 is 0 Å². The molecular formula is C22H19NO4S. The predicted molar refractivity (Wildman–Crippen MR) is 105 cm³/mol. The lowest BCUT2D eigenvalue weighted by molar-refractivity contribution is -0.115. The number of sulfonamides is 1. The number of carbonyl (C=O) groups is 2. The van der Waals surface area contributed by atoms with Gasteiger partial charge in [-0.3, -0.25) is 9.59 Å². The Balaban J connectivity index is 1.88. The number of allylic oxidation sites excluding steroid dienone is 2. The van der Waals surface area contributed by atoms with Crippen LogP contribution in [-0.2, 0) is 19.6 Å². The van der Waals surface area contributed by atoms with E-state index in [1.165, 1.54) is 10.4 Å². The highest BCUT2D eigenvalue weighted by Gasteiger charge is 2.46. The Morgan fingerprint density at radius 3 is 2.21 bits per heavy atom. The number of Topliss-reactive ketones (excluding diaryl/α,β-unsaturated/α-hetero) is 1. The normalized spacial score (nSPS) is 20.4. The molecule has 0 spiro atoms. The van der Waals surface area contributed by atoms with Gasteiger partial charge in [0.2, 0.25) is 10.0 Å². The lowest BCUT2D eigenvalue weighted by Crippen LogP contribution is -2.33. The Bertz CT molecular complexity index is 1140. The Kier molecular flexibility index (Phi) is 4.40. The summed E-state index contributed by atoms with van der Waals surface area (Å²) in [6.07, 6.45) is 1.30. The molecule has 0 aromatic heterocycles. The van der Waals surface area contributed by atoms with Gasteiger partial charge in [-0.05, 0) is 37.6 Å². The van der Waals surface area contributed by atoms with Crippen LogP contribution in [-0.4, -0.2) is 30.8 Å². The van der Waals surface area contributed by atoms with Crippen molar-refractivity contribution in [1.29, 1.82) is 0 Å². The van der Waals surface area contributed by atoms with Gasteiger partial charge in [-0.25, -0.2) is 8.42 Å². The highest BCUT2D eigenvalue weighted by molar-refractivity contribution is 7.89. The van der Waals surface area contributed by atoms with Crippen molar-refractivity contribution in [2.45, 2.75) is 24.8 Å². The first kappa shape index (κ1) is 18.5. The van der Waals surface area contributed by atoms with Crippen molar-refractivity contribution >= 4 is 21.6 Å². The van der Waals surface area contributed by atoms with Crippen LogP contribution in [0.25, 0.3) is 0 Å². The van der Waals surface area contributed by atoms with Gasteiger partial charge in [0, 0.05) is 23.3 Å². The number of benzene rings is 2. The maximum Gasteiger partial charge on any atom is 0.244 e. The molecule has 2 aliphatic rings. The second-order valence-corrected chi connectivity index (χ2v) is 8.98. The average molecular weight is 393 g/mol. The summed E-state index contributed by atoms with van der Waals surface area (Å²) in [6, 6.07) is 14.7. The van der Waals surface area contributed by atoms with Crippen molar-refractivity contribution in [1.82, 2.24) is 4.31 Å². The van der Waals surface area contributed by atoms with Gasteiger partial charge in [0.05, 0.1) is 10.9 Å². The van der Waals surface area contributed by atoms with Crippen LogP contribution >= 0.6 is 0 Å². The number of ketones is 2. The summed E-state index contributed by atoms with van der Waals surface area (Å²) in [5.41, 5.74) is 2.48. The van der Waals surface area contributed by atoms with E-state index in [4.69, 9.17) is 0 Å². The maximum absolute atomic E-state index is 13.4. The summed E-state index contributed by atoms with van der Waals surface area (Å²) in [4.78, 5) is 25.6. The molecule has 142 valence electrons. The third kappa shape index (κ3) is 2.85. The van der Waals surface area contributed by atoms with Crippen LogP contribution in [0.4, 0.5) is 0 Å². The lowest BCUT2D eigenvalue weighted by atomic mass is 9.87. The molecule has 2 aromatic carbocycles. The monoisotopic (exact) mass is 393 g/mol. The summed E-state index contributed by atoms with van der Waals surface area (Å²) >= 11 is 0. The van der Waals surface area contributed by atoms with Crippen LogP contribution in [0.2, 0.25) is 0 Å². The standard InChI is InChI=1S/C22H19NO4S/c1-14-8-10-17(11-9-14)28(26,27)23-13-18-20(19(24)12-15(2)22(18)25)21(23)16-6-4-3-5-7-16/h3-12,21H,13H2,1-2H3. The molecule has 0 amide bonds. The van der Waals surface area contributed by atoms with Crippen molar-refractivity contribution in [2.24, 2.45) is 0 Å². The zero-order valence-corrected chi connectivity index (χ0v) is 16.4. The van der Waals surface area contributed by atoms with Crippen LogP contribution in [0.5, 0.6) is 0 Å². The third-order valence-electron chi connectivity index (χ3n) is 5.19. The highest BCUT2D eigenvalue weighted by atomic mass is 32.2. The molecule has 1 heterocycles. The topological polar surface area (TPSA) is 71.5 Å². The van der Waals surface area contributed by atoms with Gasteiger partial charge in [0.25, 0.3) is 0 Å². The molecule has 0 saturated carbocycles. The van der Waals surface area contributed by atoms with E-state index < -0.39 is 16.1 Å². The zero-order valence-electron chi connectivity index (χ0n) is 15.5. The molecule has 4 rings (SSSR count). The van der Waals surface area contributed by atoms with E-state index >= 15 is 0 Å². The van der Waals surface area contributed by atoms with Gasteiger partial charge in [-0.15, -0.1) is 0 Å². The molecule has 2 aromatic rings. The predicted octanol–water partition coefficient (Wildman–Crippen LogP) is 3.14. The molecule has 0 radical (unpaired) electrons. The zero-order chi connectivity index (χ0) is 20.1. The first-order chi connectivity index (χ1) is 13.3. The Hall–Kier alpha value is -2.83. The van der Waals surface area contributed by atoms with Crippen LogP contribution < -0.4 is 0 Å². The molecule has 0 N–H and O–H groups in total. The number of aryl methyl sites for hydroxylation is 1. The van der Waals surface area contributed by atoms with Gasteiger partial charge in [-0.2, -0.15) is 4.31 Å². The van der Waals surface area contributed by atoms with E-state index in [-0.39, 0.29) is 34.2 Å². The molecule has 28 heavy (non-hydrogen) atoms. The molecule has 1 unspecified atom stereocenters. The summed E-state index contributed by atoms with van der Waals surface area (Å²) in [5.74, 6) is -0.570. The second kappa shape index (κ2) is 6.65. The first-order valence-corrected chi connectivity index (χ1v) is 10.4. The largest absolute Gasteiger partial charge is 0.290 e. The quantitative estimate of drug-likeness (QED) is 0.751. The molecule has 0 fully saturated rings. The SMILES string of the molecule is CC1=CC(=O)C2=C(CN(S(=O)(=O)c3ccc(C)cc3)C2c2ccccc2)C1=O. The number of rotatable bonds is 3. The van der Waals surface area contributed by atoms with E-state index in [1.54, 1.807) is 55.5 Å². The molecule has 5 nitrogen and oxygen atoms in total. The van der Waals surface area contributed by atoms with Crippen molar-refractivity contribution in [3.63, 3.8) is 0 Å². The minimum absolute atomic E-state index is 0.110. The number of carbonyl (C=O) groups excluding carboxylic acids is 2. The van der Waals surface area contributed by atoms with Crippen molar-refractivity contribution < 1.29 is 18.0 Å². The molecule has 6 heteroatoms. The summed E-state index contributed by atoms with van der Waals surface area (Å²) < 4.78 is 28.1. The lowest BCUT2D eigenvalue weighted by Gasteiger charge is -2.26. The molecular weight excluding hydrogens is 374 g/mol. The van der Waals surface area contributed by atoms with Crippen LogP contribution in [0.1, 0.15) is 24.1 Å². The molecule has 1 aliphatic heterocycles. The average Bonchev–Trinajstić information content (AvgIpc) is 3.09. The molecule has 1 aliphatic carbocycles. The summed E-state index contributed by atoms with van der Waals surface area (Å²) in [6.45, 7) is 3.35. The Morgan fingerprint density at radius 2 is 1.57 bits per heavy atom. The maximum atomic E-state index is 13.4. The van der Waals surface area contributed by atoms with Gasteiger partial charge in [-0.1, -0.05) is 48.0 Å². The van der Waals surface area contributed by atoms with Crippen molar-refractivity contribution in [3.8, 4) is 0 Å². The fourth-order valence-electron chi connectivity index (χ4n) is 3.73. The van der Waals surface area contributed by atoms with Crippen molar-refractivity contribution in [3.05, 3.63) is 88.5 Å². The van der Waals surface area contributed by atoms with E-state index in [2.05, 4.69) is 0 Å². The van der Waals surface area contributed by atoms with Crippen molar-refractivity contribution in [2.75, 3.05) is 6.54 Å². The van der Waals surface area contributed by atoms with E-state index in [0.717, 1.165) is 5.56 Å². The smallest absolute Gasteiger partial charge is 0.244 e. The number of hydrogen-bond acceptors (Lipinski definition) is 4. The fourth-order valence-corrected chi connectivity index (χ4v) is 5.29. The van der Waals surface area contributed by atoms with Gasteiger partial charge >= 0.3 is 0 Å². The Morgan fingerprint density at radius 1 is 0.929 bits per heavy atom. The number of hydrogen-bond donors (Lipinski definition) is 0. The third-order valence-corrected chi connectivity index (χ3v) is 7.01. The van der Waals surface area contributed by atoms with Crippen LogP contribution in [0, 0.1) is 6.92 Å². The van der Waals surface area contributed by atoms with Gasteiger partial charge in [0.1, 0.15) is 0 Å². The highest BCUT2D eigenvalue weighted by Crippen LogP contribution is 2.43. The summed E-state index contributed by atoms with van der Waals surface area (Å²) in [7, 11) is -3.91. The fraction of sp³-hybridized carbons (Fsp3) is 0.182. The number of nitrogens with zero attached hydrogens (tertiary/aromatic N) is 1. The van der Waals surface area contributed by atoms with E-state index in [0.29, 0.717) is 11.1 Å².